The van der Waals surface area contributed by atoms with E-state index in [-0.39, 0.29) is 0 Å². The molecule has 1 aliphatic heterocycles. The van der Waals surface area contributed by atoms with Crippen molar-refractivity contribution in [2.24, 2.45) is 0 Å². The van der Waals surface area contributed by atoms with Crippen molar-refractivity contribution < 1.29 is 4.42 Å². The molecule has 0 saturated carbocycles. The molecule has 6 heteroatoms. The highest BCUT2D eigenvalue weighted by molar-refractivity contribution is 9.10. The van der Waals surface area contributed by atoms with Gasteiger partial charge in [0.25, 0.3) is 0 Å². The summed E-state index contributed by atoms with van der Waals surface area (Å²) in [5.41, 5.74) is 0.940. The summed E-state index contributed by atoms with van der Waals surface area (Å²) in [6, 6.07) is 7.86. The summed E-state index contributed by atoms with van der Waals surface area (Å²) in [7, 11) is 0. The van der Waals surface area contributed by atoms with Crippen molar-refractivity contribution in [1.29, 1.82) is 0 Å². The monoisotopic (exact) mass is 364 g/mol. The van der Waals surface area contributed by atoms with Crippen LogP contribution in [0.1, 0.15) is 25.2 Å². The van der Waals surface area contributed by atoms with Gasteiger partial charge in [-0.1, -0.05) is 22.4 Å². The Morgan fingerprint density at radius 2 is 1.86 bits per heavy atom. The summed E-state index contributed by atoms with van der Waals surface area (Å²) in [4.78, 5) is 2.51. The van der Waals surface area contributed by atoms with Gasteiger partial charge in [0.15, 0.2) is 0 Å². The van der Waals surface area contributed by atoms with Crippen LogP contribution in [-0.4, -0.2) is 41.3 Å². The lowest BCUT2D eigenvalue weighted by atomic mass is 10.1. The topological polar surface area (TPSA) is 54.2 Å². The lowest BCUT2D eigenvalue weighted by molar-refractivity contribution is 0.228. The Hall–Kier alpha value is -1.24. The molecule has 1 N–H and O–H groups in total. The molecule has 118 valence electrons. The zero-order chi connectivity index (χ0) is 15.2. The molecule has 0 amide bonds. The maximum Gasteiger partial charge on any atom is 0.247 e. The average Bonchev–Trinajstić information content (AvgIpc) is 3.02. The maximum absolute atomic E-state index is 5.69. The Balaban J connectivity index is 1.44. The first-order valence-electron chi connectivity index (χ1n) is 7.83. The van der Waals surface area contributed by atoms with Crippen molar-refractivity contribution in [2.45, 2.75) is 25.8 Å². The zero-order valence-corrected chi connectivity index (χ0v) is 14.2. The van der Waals surface area contributed by atoms with E-state index in [1.807, 2.05) is 24.3 Å². The van der Waals surface area contributed by atoms with Crippen molar-refractivity contribution in [3.63, 3.8) is 0 Å². The Labute approximate surface area is 139 Å². The van der Waals surface area contributed by atoms with E-state index in [1.165, 1.54) is 32.4 Å². The number of piperidine rings is 1. The molecule has 5 nitrogen and oxygen atoms in total. The SMILES string of the molecule is Brc1ccc(-c2nnc(CNCCN3CCCCC3)o2)cc1. The van der Waals surface area contributed by atoms with E-state index in [1.54, 1.807) is 0 Å². The molecule has 1 aromatic heterocycles. The van der Waals surface area contributed by atoms with Crippen LogP contribution in [0.4, 0.5) is 0 Å². The van der Waals surface area contributed by atoms with Crippen LogP contribution in [0.15, 0.2) is 33.2 Å². The first kappa shape index (κ1) is 15.6. The van der Waals surface area contributed by atoms with Crippen molar-refractivity contribution in [3.05, 3.63) is 34.6 Å². The van der Waals surface area contributed by atoms with E-state index in [4.69, 9.17) is 4.42 Å². The molecular weight excluding hydrogens is 344 g/mol. The molecule has 0 unspecified atom stereocenters. The van der Waals surface area contributed by atoms with Crippen LogP contribution in [0.3, 0.4) is 0 Å². The van der Waals surface area contributed by atoms with E-state index in [0.29, 0.717) is 18.3 Å². The largest absolute Gasteiger partial charge is 0.419 e. The first-order valence-corrected chi connectivity index (χ1v) is 8.62. The second kappa shape index (κ2) is 7.85. The number of halogens is 1. The molecule has 0 bridgehead atoms. The summed E-state index contributed by atoms with van der Waals surface area (Å²) in [5.74, 6) is 1.21. The van der Waals surface area contributed by atoms with Gasteiger partial charge in [-0.2, -0.15) is 0 Å². The number of benzene rings is 1. The number of hydrogen-bond donors (Lipinski definition) is 1. The maximum atomic E-state index is 5.69. The van der Waals surface area contributed by atoms with Crippen molar-refractivity contribution in [1.82, 2.24) is 20.4 Å². The van der Waals surface area contributed by atoms with Crippen molar-refractivity contribution >= 4 is 15.9 Å². The lowest BCUT2D eigenvalue weighted by Crippen LogP contribution is -2.35. The molecule has 0 atom stereocenters. The van der Waals surface area contributed by atoms with E-state index in [0.717, 1.165) is 23.1 Å². The fourth-order valence-electron chi connectivity index (χ4n) is 2.65. The number of nitrogens with zero attached hydrogens (tertiary/aromatic N) is 3. The number of rotatable bonds is 6. The molecule has 1 saturated heterocycles. The van der Waals surface area contributed by atoms with Gasteiger partial charge in [0, 0.05) is 23.1 Å². The van der Waals surface area contributed by atoms with Gasteiger partial charge in [-0.15, -0.1) is 10.2 Å². The average molecular weight is 365 g/mol. The van der Waals surface area contributed by atoms with Crippen LogP contribution < -0.4 is 5.32 Å². The fraction of sp³-hybridized carbons (Fsp3) is 0.500. The van der Waals surface area contributed by atoms with Gasteiger partial charge in [0.2, 0.25) is 11.8 Å². The van der Waals surface area contributed by atoms with Gasteiger partial charge in [-0.25, -0.2) is 0 Å². The molecule has 3 rings (SSSR count). The molecule has 1 fully saturated rings. The molecule has 0 aliphatic carbocycles. The number of nitrogens with one attached hydrogen (secondary N) is 1. The van der Waals surface area contributed by atoms with Crippen LogP contribution in [0.25, 0.3) is 11.5 Å². The van der Waals surface area contributed by atoms with Gasteiger partial charge in [0.05, 0.1) is 6.54 Å². The Morgan fingerprint density at radius 1 is 1.09 bits per heavy atom. The first-order chi connectivity index (χ1) is 10.8. The van der Waals surface area contributed by atoms with E-state index in [9.17, 15) is 0 Å². The molecular formula is C16H21BrN4O. The van der Waals surface area contributed by atoms with Crippen molar-refractivity contribution in [2.75, 3.05) is 26.2 Å². The minimum Gasteiger partial charge on any atom is -0.419 e. The van der Waals surface area contributed by atoms with Gasteiger partial charge in [-0.05, 0) is 50.2 Å². The Kier molecular flexibility index (Phi) is 5.58. The third-order valence-corrected chi connectivity index (χ3v) is 4.42. The normalized spacial score (nSPS) is 16.0. The zero-order valence-electron chi connectivity index (χ0n) is 12.6. The van der Waals surface area contributed by atoms with Crippen LogP contribution >= 0.6 is 15.9 Å². The Bertz CT molecular complexity index is 578. The third-order valence-electron chi connectivity index (χ3n) is 3.89. The molecule has 1 aromatic carbocycles. The molecule has 0 radical (unpaired) electrons. The van der Waals surface area contributed by atoms with Crippen LogP contribution in [0.5, 0.6) is 0 Å². The van der Waals surface area contributed by atoms with Crippen LogP contribution in [-0.2, 0) is 6.54 Å². The highest BCUT2D eigenvalue weighted by Gasteiger charge is 2.10. The quantitative estimate of drug-likeness (QED) is 0.798. The summed E-state index contributed by atoms with van der Waals surface area (Å²) < 4.78 is 6.73. The van der Waals surface area contributed by atoms with Gasteiger partial charge in [-0.3, -0.25) is 0 Å². The lowest BCUT2D eigenvalue weighted by Gasteiger charge is -2.26. The van der Waals surface area contributed by atoms with Crippen molar-refractivity contribution in [3.8, 4) is 11.5 Å². The summed E-state index contributed by atoms with van der Waals surface area (Å²) in [5, 5.41) is 11.6. The molecule has 2 heterocycles. The highest BCUT2D eigenvalue weighted by atomic mass is 79.9. The number of aromatic nitrogens is 2. The van der Waals surface area contributed by atoms with E-state index >= 15 is 0 Å². The number of likely N-dealkylation sites (tertiary alicyclic amines) is 1. The van der Waals surface area contributed by atoms with Gasteiger partial charge >= 0.3 is 0 Å². The van der Waals surface area contributed by atoms with Gasteiger partial charge in [0.1, 0.15) is 0 Å². The van der Waals surface area contributed by atoms with Gasteiger partial charge < -0.3 is 14.6 Å². The second-order valence-corrected chi connectivity index (χ2v) is 6.50. The minimum absolute atomic E-state index is 0.570. The fourth-order valence-corrected chi connectivity index (χ4v) is 2.91. The second-order valence-electron chi connectivity index (χ2n) is 5.59. The summed E-state index contributed by atoms with van der Waals surface area (Å²) >= 11 is 3.42. The summed E-state index contributed by atoms with van der Waals surface area (Å²) in [6.07, 6.45) is 4.05. The highest BCUT2D eigenvalue weighted by Crippen LogP contribution is 2.20. The van der Waals surface area contributed by atoms with E-state index in [2.05, 4.69) is 36.3 Å². The summed E-state index contributed by atoms with van der Waals surface area (Å²) in [6.45, 7) is 5.13. The molecule has 1 aliphatic rings. The predicted molar refractivity (Wildman–Crippen MR) is 89.4 cm³/mol. The predicted octanol–water partition coefficient (Wildman–Crippen LogP) is 3.07. The molecule has 22 heavy (non-hydrogen) atoms. The molecule has 0 spiro atoms. The Morgan fingerprint density at radius 3 is 2.64 bits per heavy atom. The smallest absolute Gasteiger partial charge is 0.247 e. The third kappa shape index (κ3) is 4.38. The van der Waals surface area contributed by atoms with Crippen LogP contribution in [0.2, 0.25) is 0 Å². The van der Waals surface area contributed by atoms with Crippen LogP contribution in [0, 0.1) is 0 Å². The van der Waals surface area contributed by atoms with E-state index < -0.39 is 0 Å². The minimum atomic E-state index is 0.570. The number of hydrogen-bond acceptors (Lipinski definition) is 5. The standard InChI is InChI=1S/C16H21BrN4O/c17-14-6-4-13(5-7-14)16-20-19-15(22-16)12-18-8-11-21-9-2-1-3-10-21/h4-7,18H,1-3,8-12H2. The molecule has 2 aromatic rings.